The van der Waals surface area contributed by atoms with Crippen LogP contribution in [-0.2, 0) is 31.3 Å². The minimum absolute atomic E-state index is 0.146. The number of carbonyl (C=O) groups is 1. The minimum atomic E-state index is -2.54. The third-order valence-electron chi connectivity index (χ3n) is 10.00. The van der Waals surface area contributed by atoms with E-state index in [-0.39, 0.29) is 16.8 Å². The molecule has 1 rings (SSSR count). The van der Waals surface area contributed by atoms with Crippen molar-refractivity contribution in [2.45, 2.75) is 233 Å². The highest BCUT2D eigenvalue weighted by atomic mass is 31.2. The van der Waals surface area contributed by atoms with Gasteiger partial charge < -0.3 is 9.26 Å². The Morgan fingerprint density at radius 2 is 0.922 bits per heavy atom. The maximum absolute atomic E-state index is 15.2. The van der Waals surface area contributed by atoms with Crippen molar-refractivity contribution in [3.8, 4) is 5.75 Å². The van der Waals surface area contributed by atoms with Crippen molar-refractivity contribution in [3.63, 3.8) is 0 Å². The number of unbranched alkanes of at least 4 members (excludes halogenated alkanes) is 22. The second-order valence-corrected chi connectivity index (χ2v) is 18.0. The van der Waals surface area contributed by atoms with Gasteiger partial charge in [-0.15, -0.1) is 4.20 Å². The Kier molecular flexibility index (Phi) is 27.4. The molecule has 1 aromatic carbocycles. The molecule has 0 aromatic heterocycles. The molecule has 4 nitrogen and oxygen atoms in total. The second-order valence-electron chi connectivity index (χ2n) is 17.2. The lowest BCUT2D eigenvalue weighted by Gasteiger charge is -2.30. The molecular formula is C45H82FO4P. The Bertz CT molecular complexity index is 964. The zero-order chi connectivity index (χ0) is 37.8. The van der Waals surface area contributed by atoms with E-state index >= 15 is 4.20 Å². The summed E-state index contributed by atoms with van der Waals surface area (Å²) < 4.78 is 32.4. The molecule has 298 valence electrons. The highest BCUT2D eigenvalue weighted by molar-refractivity contribution is 7.41. The van der Waals surface area contributed by atoms with E-state index in [9.17, 15) is 4.79 Å². The van der Waals surface area contributed by atoms with Crippen LogP contribution in [0.15, 0.2) is 12.1 Å². The molecule has 0 aliphatic heterocycles. The van der Waals surface area contributed by atoms with Crippen LogP contribution < -0.4 is 4.52 Å². The number of esters is 1. The van der Waals surface area contributed by atoms with Crippen molar-refractivity contribution in [1.82, 2.24) is 0 Å². The van der Waals surface area contributed by atoms with Crippen molar-refractivity contribution >= 4 is 14.7 Å². The largest absolute Gasteiger partial charge is 0.466 e. The molecule has 1 atom stereocenters. The molecule has 6 heteroatoms. The number of halogens is 1. The molecule has 1 aromatic rings. The van der Waals surface area contributed by atoms with Crippen LogP contribution in [0, 0.1) is 0 Å². The van der Waals surface area contributed by atoms with Crippen molar-refractivity contribution in [3.05, 3.63) is 28.8 Å². The van der Waals surface area contributed by atoms with Crippen molar-refractivity contribution in [1.29, 1.82) is 0 Å². The Morgan fingerprint density at radius 3 is 1.29 bits per heavy atom. The summed E-state index contributed by atoms with van der Waals surface area (Å²) in [5, 5.41) is 0. The molecule has 0 radical (unpaired) electrons. The summed E-state index contributed by atoms with van der Waals surface area (Å²) in [7, 11) is -2.54. The standard InChI is InChI=1S/C45H82FO4P/c1-9-11-13-15-17-19-20-21-22-23-24-25-26-27-29-31-35-48-42(47)34-33-39-37-40(44(3,4)5)43(41(38-39)45(6,7)8)50-51(46)49-36-32-30-28-18-16-14-12-10-2/h37-38H,9-36H2,1-8H3. The molecule has 0 saturated carbocycles. The molecule has 51 heavy (non-hydrogen) atoms. The number of carbonyl (C=O) groups excluding carboxylic acids is 1. The first-order valence-corrected chi connectivity index (χ1v) is 22.6. The molecule has 1 unspecified atom stereocenters. The average molecular weight is 737 g/mol. The van der Waals surface area contributed by atoms with Crippen LogP contribution in [0.2, 0.25) is 0 Å². The summed E-state index contributed by atoms with van der Waals surface area (Å²) in [5.74, 6) is 0.446. The third kappa shape index (κ3) is 24.7. The maximum atomic E-state index is 15.2. The summed E-state index contributed by atoms with van der Waals surface area (Å²) >= 11 is 0. The number of rotatable bonds is 32. The summed E-state index contributed by atoms with van der Waals surface area (Å²) in [5.41, 5.74) is 2.42. The molecule has 0 aliphatic carbocycles. The highest BCUT2D eigenvalue weighted by Crippen LogP contribution is 2.49. The third-order valence-corrected chi connectivity index (χ3v) is 10.7. The molecule has 0 fully saturated rings. The average Bonchev–Trinajstić information content (AvgIpc) is 3.07. The Balaban J connectivity index is 2.42. The SMILES string of the molecule is CCCCCCCCCCCCCCCCCCOC(=O)CCc1cc(C(C)(C)C)c(OP(F)OCCCCCCCCCC)c(C(C)(C)C)c1. The summed E-state index contributed by atoms with van der Waals surface area (Å²) in [4.78, 5) is 12.7. The van der Waals surface area contributed by atoms with Crippen LogP contribution >= 0.6 is 8.69 Å². The van der Waals surface area contributed by atoms with Crippen LogP contribution in [0.5, 0.6) is 5.75 Å². The zero-order valence-electron chi connectivity index (χ0n) is 34.9. The maximum Gasteiger partial charge on any atom is 0.439 e. The molecule has 0 heterocycles. The molecule has 0 saturated heterocycles. The van der Waals surface area contributed by atoms with Gasteiger partial charge in [0, 0.05) is 17.5 Å². The lowest BCUT2D eigenvalue weighted by atomic mass is 9.78. The number of ether oxygens (including phenoxy) is 1. The fourth-order valence-corrected chi connectivity index (χ4v) is 7.34. The lowest BCUT2D eigenvalue weighted by molar-refractivity contribution is -0.143. The topological polar surface area (TPSA) is 44.8 Å². The summed E-state index contributed by atoms with van der Waals surface area (Å²) in [6.07, 6.45) is 31.7. The molecule has 0 aliphatic rings. The first-order valence-electron chi connectivity index (χ1n) is 21.5. The normalized spacial score (nSPS) is 12.7. The number of aryl methyl sites for hydroxylation is 1. The monoisotopic (exact) mass is 737 g/mol. The van der Waals surface area contributed by atoms with E-state index in [2.05, 4.69) is 67.5 Å². The highest BCUT2D eigenvalue weighted by Gasteiger charge is 2.30. The van der Waals surface area contributed by atoms with Crippen molar-refractivity contribution in [2.75, 3.05) is 13.2 Å². The Labute approximate surface area is 317 Å². The van der Waals surface area contributed by atoms with Gasteiger partial charge in [0.25, 0.3) is 0 Å². The van der Waals surface area contributed by atoms with Crippen LogP contribution in [0.4, 0.5) is 4.20 Å². The van der Waals surface area contributed by atoms with E-state index in [0.29, 0.717) is 31.8 Å². The number of hydrogen-bond acceptors (Lipinski definition) is 4. The smallest absolute Gasteiger partial charge is 0.439 e. The van der Waals surface area contributed by atoms with Gasteiger partial charge in [-0.1, -0.05) is 209 Å². The summed E-state index contributed by atoms with van der Waals surface area (Å²) in [6.45, 7) is 18.1. The van der Waals surface area contributed by atoms with E-state index < -0.39 is 8.69 Å². The van der Waals surface area contributed by atoms with Gasteiger partial charge in [-0.3, -0.25) is 9.32 Å². The molecular weight excluding hydrogens is 654 g/mol. The van der Waals surface area contributed by atoms with E-state index in [1.165, 1.54) is 128 Å². The fourth-order valence-electron chi connectivity index (χ4n) is 6.67. The van der Waals surface area contributed by atoms with Gasteiger partial charge in [0.2, 0.25) is 0 Å². The predicted octanol–water partition coefficient (Wildman–Crippen LogP) is 15.8. The number of hydrogen-bond donors (Lipinski definition) is 0. The van der Waals surface area contributed by atoms with Crippen LogP contribution in [0.3, 0.4) is 0 Å². The van der Waals surface area contributed by atoms with Gasteiger partial charge in [-0.05, 0) is 35.7 Å². The first-order chi connectivity index (χ1) is 24.4. The predicted molar refractivity (Wildman–Crippen MR) is 220 cm³/mol. The van der Waals surface area contributed by atoms with Gasteiger partial charge in [0.1, 0.15) is 5.75 Å². The van der Waals surface area contributed by atoms with E-state index in [4.69, 9.17) is 13.8 Å². The Hall–Kier alpha value is -1.19. The zero-order valence-corrected chi connectivity index (χ0v) is 35.8. The van der Waals surface area contributed by atoms with E-state index in [0.717, 1.165) is 42.4 Å². The van der Waals surface area contributed by atoms with Crippen LogP contribution in [0.25, 0.3) is 0 Å². The van der Waals surface area contributed by atoms with E-state index in [1.807, 2.05) is 0 Å². The fraction of sp³-hybridized carbons (Fsp3) is 0.844. The van der Waals surface area contributed by atoms with Crippen molar-refractivity contribution < 1.29 is 22.8 Å². The molecule has 0 amide bonds. The number of benzene rings is 1. The van der Waals surface area contributed by atoms with Gasteiger partial charge in [-0.25, -0.2) is 0 Å². The lowest BCUT2D eigenvalue weighted by Crippen LogP contribution is -2.20. The van der Waals surface area contributed by atoms with Gasteiger partial charge in [0.15, 0.2) is 0 Å². The van der Waals surface area contributed by atoms with E-state index in [1.54, 1.807) is 0 Å². The first kappa shape index (κ1) is 47.8. The van der Waals surface area contributed by atoms with Crippen LogP contribution in [-0.4, -0.2) is 19.2 Å². The van der Waals surface area contributed by atoms with Gasteiger partial charge in [0.05, 0.1) is 13.2 Å². The molecule has 0 N–H and O–H groups in total. The van der Waals surface area contributed by atoms with Gasteiger partial charge in [-0.2, -0.15) is 0 Å². The molecule has 0 spiro atoms. The summed E-state index contributed by atoms with van der Waals surface area (Å²) in [6, 6.07) is 4.18. The van der Waals surface area contributed by atoms with Crippen LogP contribution in [0.1, 0.15) is 233 Å². The van der Waals surface area contributed by atoms with Gasteiger partial charge >= 0.3 is 14.7 Å². The van der Waals surface area contributed by atoms with Crippen molar-refractivity contribution in [2.24, 2.45) is 0 Å². The Morgan fingerprint density at radius 1 is 0.569 bits per heavy atom. The minimum Gasteiger partial charge on any atom is -0.466 e. The quantitative estimate of drug-likeness (QED) is 0.0420. The molecule has 0 bridgehead atoms. The second kappa shape index (κ2) is 29.2.